The molecule has 0 amide bonds. The van der Waals surface area contributed by atoms with Crippen LogP contribution in [0.3, 0.4) is 0 Å². The van der Waals surface area contributed by atoms with E-state index in [9.17, 15) is 0 Å². The Hall–Kier alpha value is 0.240. The van der Waals surface area contributed by atoms with Crippen molar-refractivity contribution in [3.8, 4) is 5.75 Å². The average Bonchev–Trinajstić information content (AvgIpc) is 1.95. The van der Waals surface area contributed by atoms with Crippen LogP contribution in [0.1, 0.15) is 5.56 Å². The first-order valence-electron chi connectivity index (χ1n) is 3.05. The summed E-state index contributed by atoms with van der Waals surface area (Å²) in [5, 5.41) is 0. The number of methoxy groups -OCH3 is 1. The van der Waals surface area contributed by atoms with E-state index < -0.39 is 0 Å². The number of hydrogen-bond acceptors (Lipinski definition) is 2. The van der Waals surface area contributed by atoms with Crippen molar-refractivity contribution in [1.82, 2.24) is 0 Å². The molecule has 0 radical (unpaired) electrons. The van der Waals surface area contributed by atoms with Gasteiger partial charge in [-0.3, -0.25) is 0 Å². The zero-order valence-corrected chi connectivity index (χ0v) is 9.87. The normalized spacial score (nSPS) is 8.55. The summed E-state index contributed by atoms with van der Waals surface area (Å²) in [6.07, 6.45) is 0. The van der Waals surface area contributed by atoms with Gasteiger partial charge in [0.15, 0.2) is 0 Å². The predicted molar refractivity (Wildman–Crippen MR) is 43.4 cm³/mol. The summed E-state index contributed by atoms with van der Waals surface area (Å²) < 4.78 is 5.00. The second-order valence-corrected chi connectivity index (χ2v) is 2.57. The van der Waals surface area contributed by atoms with Crippen LogP contribution in [0.15, 0.2) is 23.1 Å². The molecule has 0 aliphatic heterocycles. The van der Waals surface area contributed by atoms with Crippen molar-refractivity contribution in [2.45, 2.75) is 11.8 Å². The molecular weight excluding hydrogens is 167 g/mol. The van der Waals surface area contributed by atoms with Gasteiger partial charge in [0.05, 0.1) is 7.11 Å². The molecular formula is C8H9NaOS. The second-order valence-electron chi connectivity index (χ2n) is 2.13. The maximum Gasteiger partial charge on any atom is 1.00 e. The first-order valence-corrected chi connectivity index (χ1v) is 3.46. The number of aryl methyl sites for hydroxylation is 1. The Morgan fingerprint density at radius 1 is 1.36 bits per heavy atom. The second kappa shape index (κ2) is 4.99. The third-order valence-corrected chi connectivity index (χ3v) is 1.84. The zero-order valence-electron chi connectivity index (χ0n) is 7.05. The van der Waals surface area contributed by atoms with Crippen molar-refractivity contribution >= 4 is 12.6 Å². The van der Waals surface area contributed by atoms with Crippen LogP contribution >= 0.6 is 0 Å². The Morgan fingerprint density at radius 3 is 2.45 bits per heavy atom. The molecule has 0 bridgehead atoms. The minimum atomic E-state index is 0. The van der Waals surface area contributed by atoms with Gasteiger partial charge in [-0.2, -0.15) is 4.90 Å². The van der Waals surface area contributed by atoms with Gasteiger partial charge < -0.3 is 17.4 Å². The van der Waals surface area contributed by atoms with E-state index in [0.29, 0.717) is 0 Å². The van der Waals surface area contributed by atoms with E-state index in [0.717, 1.165) is 16.2 Å². The fraction of sp³-hybridized carbons (Fsp3) is 0.250. The Morgan fingerprint density at radius 2 is 2.00 bits per heavy atom. The smallest absolute Gasteiger partial charge is 0.779 e. The van der Waals surface area contributed by atoms with Crippen LogP contribution in [0.25, 0.3) is 0 Å². The van der Waals surface area contributed by atoms with Crippen molar-refractivity contribution in [2.75, 3.05) is 7.11 Å². The topological polar surface area (TPSA) is 9.23 Å². The van der Waals surface area contributed by atoms with E-state index in [1.165, 1.54) is 0 Å². The summed E-state index contributed by atoms with van der Waals surface area (Å²) in [5.74, 6) is 0.867. The fourth-order valence-electron chi connectivity index (χ4n) is 0.749. The van der Waals surface area contributed by atoms with Crippen LogP contribution in [-0.2, 0) is 12.6 Å². The van der Waals surface area contributed by atoms with E-state index in [2.05, 4.69) is 0 Å². The van der Waals surface area contributed by atoms with E-state index in [1.807, 2.05) is 25.1 Å². The predicted octanol–water partition coefficient (Wildman–Crippen LogP) is -1.09. The van der Waals surface area contributed by atoms with Gasteiger partial charge in [-0.1, -0.05) is 11.6 Å². The minimum Gasteiger partial charge on any atom is -0.779 e. The van der Waals surface area contributed by atoms with Crippen LogP contribution in [-0.4, -0.2) is 7.11 Å². The molecule has 11 heavy (non-hydrogen) atoms. The van der Waals surface area contributed by atoms with E-state index >= 15 is 0 Å². The Bertz CT molecular complexity index is 238. The van der Waals surface area contributed by atoms with Gasteiger partial charge in [0.1, 0.15) is 5.75 Å². The number of ether oxygens (including phenoxy) is 1. The summed E-state index contributed by atoms with van der Waals surface area (Å²) in [6, 6.07) is 5.68. The minimum absolute atomic E-state index is 0. The van der Waals surface area contributed by atoms with Gasteiger partial charge in [0.25, 0.3) is 0 Å². The molecule has 1 nitrogen and oxygen atoms in total. The Kier molecular flexibility index (Phi) is 5.10. The van der Waals surface area contributed by atoms with Gasteiger partial charge in [-0.15, -0.1) is 0 Å². The molecule has 0 heterocycles. The SMILES string of the molecule is COc1ccc([S-])c(C)c1.[Na+]. The average molecular weight is 176 g/mol. The first kappa shape index (κ1) is 11.2. The molecule has 0 aliphatic rings. The first-order chi connectivity index (χ1) is 4.74. The summed E-state index contributed by atoms with van der Waals surface area (Å²) in [7, 11) is 1.65. The Labute approximate surface area is 94.8 Å². The Balaban J connectivity index is 0.000001000. The van der Waals surface area contributed by atoms with Crippen LogP contribution in [0.4, 0.5) is 0 Å². The monoisotopic (exact) mass is 176 g/mol. The van der Waals surface area contributed by atoms with Gasteiger partial charge >= 0.3 is 29.6 Å². The molecule has 1 aromatic carbocycles. The van der Waals surface area contributed by atoms with Crippen LogP contribution in [0, 0.1) is 6.92 Å². The largest absolute Gasteiger partial charge is 1.00 e. The molecule has 1 rings (SSSR count). The van der Waals surface area contributed by atoms with Crippen molar-refractivity contribution in [1.29, 1.82) is 0 Å². The maximum absolute atomic E-state index is 5.01. The number of rotatable bonds is 1. The van der Waals surface area contributed by atoms with Crippen molar-refractivity contribution < 1.29 is 34.3 Å². The maximum atomic E-state index is 5.01. The van der Waals surface area contributed by atoms with E-state index in [4.69, 9.17) is 17.4 Å². The molecule has 0 atom stereocenters. The third kappa shape index (κ3) is 2.99. The molecule has 1 aromatic rings. The molecule has 0 aromatic heterocycles. The van der Waals surface area contributed by atoms with Gasteiger partial charge in [-0.25, -0.2) is 0 Å². The van der Waals surface area contributed by atoms with Crippen molar-refractivity contribution in [2.24, 2.45) is 0 Å². The number of benzene rings is 1. The summed E-state index contributed by atoms with van der Waals surface area (Å²) in [4.78, 5) is 0.890. The van der Waals surface area contributed by atoms with Crippen LogP contribution in [0.2, 0.25) is 0 Å². The third-order valence-electron chi connectivity index (χ3n) is 1.38. The van der Waals surface area contributed by atoms with Gasteiger partial charge in [0, 0.05) is 0 Å². The van der Waals surface area contributed by atoms with Gasteiger partial charge in [-0.05, 0) is 19.1 Å². The van der Waals surface area contributed by atoms with E-state index in [1.54, 1.807) is 7.11 Å². The molecule has 3 heteroatoms. The fourth-order valence-corrected chi connectivity index (χ4v) is 0.876. The van der Waals surface area contributed by atoms with Crippen molar-refractivity contribution in [3.63, 3.8) is 0 Å². The zero-order chi connectivity index (χ0) is 7.56. The standard InChI is InChI=1S/C8H10OS.Na/c1-6-5-7(9-2)3-4-8(6)10;/h3-5,10H,1-2H3;/q;+1/p-1. The molecule has 0 unspecified atom stereocenters. The summed E-state index contributed by atoms with van der Waals surface area (Å²) in [6.45, 7) is 1.98. The molecule has 0 fully saturated rings. The summed E-state index contributed by atoms with van der Waals surface area (Å²) in [5.41, 5.74) is 1.09. The molecule has 0 spiro atoms. The quantitative estimate of drug-likeness (QED) is 0.397. The molecule has 0 saturated heterocycles. The number of hydrogen-bond donors (Lipinski definition) is 0. The molecule has 0 N–H and O–H groups in total. The van der Waals surface area contributed by atoms with Crippen molar-refractivity contribution in [3.05, 3.63) is 23.8 Å². The molecule has 0 aliphatic carbocycles. The summed E-state index contributed by atoms with van der Waals surface area (Å²) >= 11 is 5.01. The van der Waals surface area contributed by atoms with Crippen LogP contribution in [0.5, 0.6) is 5.75 Å². The molecule has 0 saturated carbocycles. The van der Waals surface area contributed by atoms with E-state index in [-0.39, 0.29) is 29.6 Å². The molecule has 54 valence electrons. The van der Waals surface area contributed by atoms with Crippen LogP contribution < -0.4 is 34.3 Å². The van der Waals surface area contributed by atoms with Gasteiger partial charge in [0.2, 0.25) is 0 Å².